The number of carbonyl (C=O) groups excluding carboxylic acids is 3. The zero-order chi connectivity index (χ0) is 22.5. The molecule has 0 aliphatic carbocycles. The molecule has 1 aromatic heterocycles. The highest BCUT2D eigenvalue weighted by Gasteiger charge is 2.39. The Bertz CT molecular complexity index is 1080. The van der Waals surface area contributed by atoms with Crippen molar-refractivity contribution in [2.24, 2.45) is 0 Å². The molecule has 164 valence electrons. The van der Waals surface area contributed by atoms with Crippen LogP contribution in [0.25, 0.3) is 0 Å². The molecule has 7 nitrogen and oxygen atoms in total. The van der Waals surface area contributed by atoms with Crippen molar-refractivity contribution in [2.45, 2.75) is 24.8 Å². The van der Waals surface area contributed by atoms with E-state index in [9.17, 15) is 18.8 Å². The van der Waals surface area contributed by atoms with Gasteiger partial charge in [0.2, 0.25) is 5.91 Å². The number of urea groups is 1. The number of carbonyl (C=O) groups is 3. The van der Waals surface area contributed by atoms with Crippen molar-refractivity contribution >= 4 is 23.5 Å². The Hall–Kier alpha value is -3.94. The van der Waals surface area contributed by atoms with Crippen molar-refractivity contribution in [3.8, 4) is 0 Å². The van der Waals surface area contributed by atoms with E-state index in [0.29, 0.717) is 24.4 Å². The number of para-hydroxylation sites is 1. The Morgan fingerprint density at radius 2 is 1.81 bits per heavy atom. The molecule has 8 heteroatoms. The van der Waals surface area contributed by atoms with E-state index < -0.39 is 18.0 Å². The van der Waals surface area contributed by atoms with Crippen molar-refractivity contribution in [3.63, 3.8) is 0 Å². The molecule has 1 fully saturated rings. The van der Waals surface area contributed by atoms with Crippen molar-refractivity contribution in [1.82, 2.24) is 10.6 Å². The van der Waals surface area contributed by atoms with Gasteiger partial charge in [-0.3, -0.25) is 9.59 Å². The third-order valence-corrected chi connectivity index (χ3v) is 5.34. The van der Waals surface area contributed by atoms with E-state index in [0.717, 1.165) is 10.5 Å². The predicted octanol–water partition coefficient (Wildman–Crippen LogP) is 3.57. The lowest BCUT2D eigenvalue weighted by atomic mass is 9.93. The second-order valence-corrected chi connectivity index (χ2v) is 7.47. The Morgan fingerprint density at radius 3 is 2.50 bits per heavy atom. The van der Waals surface area contributed by atoms with Crippen LogP contribution < -0.4 is 15.5 Å². The predicted molar refractivity (Wildman–Crippen MR) is 115 cm³/mol. The molecule has 2 aromatic carbocycles. The maximum absolute atomic E-state index is 13.3. The topological polar surface area (TPSA) is 91.7 Å². The first-order chi connectivity index (χ1) is 15.5. The minimum absolute atomic E-state index is 0.157. The number of furan rings is 1. The van der Waals surface area contributed by atoms with Crippen LogP contribution in [0, 0.1) is 5.82 Å². The van der Waals surface area contributed by atoms with E-state index in [4.69, 9.17) is 4.42 Å². The van der Waals surface area contributed by atoms with Crippen molar-refractivity contribution in [2.75, 3.05) is 11.4 Å². The molecule has 1 aliphatic heterocycles. The van der Waals surface area contributed by atoms with Crippen LogP contribution in [0.5, 0.6) is 0 Å². The third kappa shape index (κ3) is 4.69. The van der Waals surface area contributed by atoms with Crippen LogP contribution in [0.2, 0.25) is 0 Å². The van der Waals surface area contributed by atoms with Gasteiger partial charge >= 0.3 is 6.03 Å². The van der Waals surface area contributed by atoms with Gasteiger partial charge < -0.3 is 15.1 Å². The number of hydrogen-bond acceptors (Lipinski definition) is 4. The van der Waals surface area contributed by atoms with E-state index in [-0.39, 0.29) is 24.1 Å². The van der Waals surface area contributed by atoms with E-state index >= 15 is 0 Å². The fourth-order valence-corrected chi connectivity index (χ4v) is 3.76. The van der Waals surface area contributed by atoms with Gasteiger partial charge in [0.1, 0.15) is 17.6 Å². The first-order valence-corrected chi connectivity index (χ1v) is 10.3. The molecular weight excluding hydrogens is 413 g/mol. The maximum Gasteiger partial charge on any atom is 0.329 e. The zero-order valence-corrected chi connectivity index (χ0v) is 17.2. The quantitative estimate of drug-likeness (QED) is 0.529. The molecule has 3 aromatic rings. The molecule has 4 rings (SSSR count). The summed E-state index contributed by atoms with van der Waals surface area (Å²) in [5.41, 5.74) is 1.32. The van der Waals surface area contributed by atoms with Crippen LogP contribution in [0.15, 0.2) is 77.4 Å². The van der Waals surface area contributed by atoms with Crippen molar-refractivity contribution < 1.29 is 23.2 Å². The molecule has 0 saturated carbocycles. The lowest BCUT2D eigenvalue weighted by molar-refractivity contribution is -0.125. The van der Waals surface area contributed by atoms with Crippen LogP contribution in [-0.4, -0.2) is 30.4 Å². The van der Waals surface area contributed by atoms with Crippen LogP contribution >= 0.6 is 0 Å². The van der Waals surface area contributed by atoms with E-state index in [1.165, 1.54) is 12.1 Å². The lowest BCUT2D eigenvalue weighted by Crippen LogP contribution is -2.37. The largest absolute Gasteiger partial charge is 0.469 e. The molecule has 2 atom stereocenters. The van der Waals surface area contributed by atoms with Crippen LogP contribution in [0.3, 0.4) is 0 Å². The van der Waals surface area contributed by atoms with Gasteiger partial charge in [-0.2, -0.15) is 0 Å². The Labute approximate surface area is 184 Å². The summed E-state index contributed by atoms with van der Waals surface area (Å²) >= 11 is 0. The minimum atomic E-state index is -0.916. The normalized spacial score (nSPS) is 16.7. The summed E-state index contributed by atoms with van der Waals surface area (Å²) in [5.74, 6) is -0.588. The maximum atomic E-state index is 13.3. The van der Waals surface area contributed by atoms with Gasteiger partial charge in [0, 0.05) is 12.5 Å². The summed E-state index contributed by atoms with van der Waals surface area (Å²) in [4.78, 5) is 38.3. The van der Waals surface area contributed by atoms with Gasteiger partial charge in [0.15, 0.2) is 0 Å². The number of nitrogens with one attached hydrogen (secondary N) is 2. The van der Waals surface area contributed by atoms with Gasteiger partial charge in [0.25, 0.3) is 5.91 Å². The average molecular weight is 435 g/mol. The number of benzene rings is 2. The second-order valence-electron chi connectivity index (χ2n) is 7.47. The fourth-order valence-electron chi connectivity index (χ4n) is 3.76. The number of halogens is 1. The standard InChI is InChI=1S/C24H22FN3O4/c25-17-10-8-16(9-11-17)19(21-7-4-14-32-21)12-13-26-22(29)15-20-23(30)28(24(31)27-20)18-5-2-1-3-6-18/h1-11,14,19-20H,12-13,15H2,(H,26,29)(H,27,31)/t19-,20-/m0/s1. The summed E-state index contributed by atoms with van der Waals surface area (Å²) < 4.78 is 18.8. The summed E-state index contributed by atoms with van der Waals surface area (Å²) in [6.07, 6.45) is 1.93. The fraction of sp³-hybridized carbons (Fsp3) is 0.208. The van der Waals surface area contributed by atoms with Gasteiger partial charge in [-0.25, -0.2) is 14.1 Å². The highest BCUT2D eigenvalue weighted by Crippen LogP contribution is 2.28. The van der Waals surface area contributed by atoms with Crippen LogP contribution in [0.4, 0.5) is 14.9 Å². The Morgan fingerprint density at radius 1 is 1.06 bits per heavy atom. The summed E-state index contributed by atoms with van der Waals surface area (Å²) in [5, 5.41) is 5.36. The molecule has 32 heavy (non-hydrogen) atoms. The molecule has 0 spiro atoms. The number of amides is 4. The molecular formula is C24H22FN3O4. The van der Waals surface area contributed by atoms with E-state index in [2.05, 4.69) is 10.6 Å². The van der Waals surface area contributed by atoms with E-state index in [1.807, 2.05) is 6.07 Å². The lowest BCUT2D eigenvalue weighted by Gasteiger charge is -2.16. The van der Waals surface area contributed by atoms with Crippen molar-refractivity contribution in [3.05, 3.63) is 90.1 Å². The molecule has 2 N–H and O–H groups in total. The molecule has 0 bridgehead atoms. The van der Waals surface area contributed by atoms with Gasteiger partial charge in [-0.15, -0.1) is 0 Å². The highest BCUT2D eigenvalue weighted by molar-refractivity contribution is 6.22. The third-order valence-electron chi connectivity index (χ3n) is 5.34. The molecule has 4 amide bonds. The number of nitrogens with zero attached hydrogens (tertiary/aromatic N) is 1. The van der Waals surface area contributed by atoms with Crippen molar-refractivity contribution in [1.29, 1.82) is 0 Å². The van der Waals surface area contributed by atoms with E-state index in [1.54, 1.807) is 54.8 Å². The first-order valence-electron chi connectivity index (χ1n) is 10.3. The summed E-state index contributed by atoms with van der Waals surface area (Å²) in [6, 6.07) is 16.9. The second kappa shape index (κ2) is 9.47. The average Bonchev–Trinajstić information content (AvgIpc) is 3.41. The number of anilines is 1. The molecule has 0 unspecified atom stereocenters. The molecule has 1 aliphatic rings. The number of rotatable bonds is 8. The molecule has 1 saturated heterocycles. The summed E-state index contributed by atoms with van der Waals surface area (Å²) in [7, 11) is 0. The summed E-state index contributed by atoms with van der Waals surface area (Å²) in [6.45, 7) is 0.318. The molecule has 2 heterocycles. The SMILES string of the molecule is O=C(C[C@@H]1NC(=O)N(c2ccccc2)C1=O)NCC[C@@H](c1ccc(F)cc1)c1ccco1. The Balaban J connectivity index is 1.34. The smallest absolute Gasteiger partial charge is 0.329 e. The highest BCUT2D eigenvalue weighted by atomic mass is 19.1. The minimum Gasteiger partial charge on any atom is -0.469 e. The van der Waals surface area contributed by atoms with Crippen LogP contribution in [0.1, 0.15) is 30.1 Å². The Kier molecular flexibility index (Phi) is 6.30. The van der Waals surface area contributed by atoms with Crippen LogP contribution in [-0.2, 0) is 9.59 Å². The zero-order valence-electron chi connectivity index (χ0n) is 17.2. The number of hydrogen-bond donors (Lipinski definition) is 2. The molecule has 0 radical (unpaired) electrons. The first kappa shape index (κ1) is 21.3. The monoisotopic (exact) mass is 435 g/mol. The van der Waals surface area contributed by atoms with Gasteiger partial charge in [-0.05, 0) is 48.4 Å². The number of imide groups is 1. The van der Waals surface area contributed by atoms with Gasteiger partial charge in [-0.1, -0.05) is 30.3 Å². The van der Waals surface area contributed by atoms with Gasteiger partial charge in [0.05, 0.1) is 18.4 Å².